The molecule has 1 aliphatic heterocycles. The molecule has 144 valence electrons. The maximum atomic E-state index is 14.1. The highest BCUT2D eigenvalue weighted by atomic mass is 19.1. The van der Waals surface area contributed by atoms with Gasteiger partial charge in [-0.25, -0.2) is 19.2 Å². The van der Waals surface area contributed by atoms with Crippen molar-refractivity contribution < 1.29 is 18.7 Å². The Balaban J connectivity index is 1.81. The van der Waals surface area contributed by atoms with Crippen molar-refractivity contribution in [3.63, 3.8) is 0 Å². The molecule has 1 aliphatic rings. The molecule has 0 bridgehead atoms. The third kappa shape index (κ3) is 4.14. The molecule has 0 aliphatic carbocycles. The number of anilines is 2. The third-order valence-corrected chi connectivity index (χ3v) is 4.49. The number of halogens is 1. The number of benzene rings is 2. The first-order valence-electron chi connectivity index (χ1n) is 9.00. The van der Waals surface area contributed by atoms with Crippen LogP contribution in [0.25, 0.3) is 0 Å². The standard InChI is InChI=1S/C20H24FN3O3/c1-3-27-20(25)24(18-10-6-7-11-19(18)26-2)23-14-12-22(13-15-23)17-9-5-4-8-16(17)21/h4-11H,3,12-15H2,1-2H3. The van der Waals surface area contributed by atoms with Crippen molar-refractivity contribution in [2.24, 2.45) is 0 Å². The second kappa shape index (κ2) is 8.73. The quantitative estimate of drug-likeness (QED) is 0.802. The van der Waals surface area contributed by atoms with E-state index in [0.29, 0.717) is 43.3 Å². The minimum absolute atomic E-state index is 0.238. The summed E-state index contributed by atoms with van der Waals surface area (Å²) in [5.74, 6) is 0.347. The lowest BCUT2D eigenvalue weighted by atomic mass is 10.2. The zero-order chi connectivity index (χ0) is 19.2. The van der Waals surface area contributed by atoms with Crippen LogP contribution in [0.1, 0.15) is 6.92 Å². The Labute approximate surface area is 158 Å². The summed E-state index contributed by atoms with van der Waals surface area (Å²) in [4.78, 5) is 14.6. The lowest BCUT2D eigenvalue weighted by Gasteiger charge is -2.41. The van der Waals surface area contributed by atoms with Crippen molar-refractivity contribution >= 4 is 17.5 Å². The second-order valence-electron chi connectivity index (χ2n) is 6.07. The van der Waals surface area contributed by atoms with Crippen LogP contribution in [0, 0.1) is 5.82 Å². The Morgan fingerprint density at radius 3 is 2.41 bits per heavy atom. The number of amides is 1. The van der Waals surface area contributed by atoms with Gasteiger partial charge in [0.15, 0.2) is 0 Å². The highest BCUT2D eigenvalue weighted by Gasteiger charge is 2.30. The number of ether oxygens (including phenoxy) is 2. The van der Waals surface area contributed by atoms with E-state index in [0.717, 1.165) is 0 Å². The molecule has 1 saturated heterocycles. The first-order valence-corrected chi connectivity index (χ1v) is 9.00. The predicted octanol–water partition coefficient (Wildman–Crippen LogP) is 3.53. The molecule has 1 fully saturated rings. The minimum Gasteiger partial charge on any atom is -0.495 e. The van der Waals surface area contributed by atoms with Gasteiger partial charge in [0.2, 0.25) is 0 Å². The summed E-state index contributed by atoms with van der Waals surface area (Å²) in [5.41, 5.74) is 1.20. The Morgan fingerprint density at radius 1 is 1.07 bits per heavy atom. The van der Waals surface area contributed by atoms with Crippen LogP contribution in [0.3, 0.4) is 0 Å². The molecule has 0 saturated carbocycles. The van der Waals surface area contributed by atoms with Gasteiger partial charge in [0.1, 0.15) is 17.3 Å². The molecule has 6 nitrogen and oxygen atoms in total. The first-order chi connectivity index (χ1) is 13.2. The number of carbonyl (C=O) groups is 1. The first kappa shape index (κ1) is 19.0. The summed E-state index contributed by atoms with van der Waals surface area (Å²) in [7, 11) is 1.57. The molecule has 0 N–H and O–H groups in total. The van der Waals surface area contributed by atoms with E-state index in [1.807, 2.05) is 34.2 Å². The summed E-state index contributed by atoms with van der Waals surface area (Å²) in [6.07, 6.45) is -0.457. The van der Waals surface area contributed by atoms with E-state index in [2.05, 4.69) is 0 Å². The normalized spacial score (nSPS) is 14.7. The number of piperazine rings is 1. The van der Waals surface area contributed by atoms with E-state index >= 15 is 0 Å². The lowest BCUT2D eigenvalue weighted by Crippen LogP contribution is -2.56. The number of methoxy groups -OCH3 is 1. The molecule has 2 aromatic carbocycles. The van der Waals surface area contributed by atoms with Gasteiger partial charge in [0, 0.05) is 26.2 Å². The summed E-state index contributed by atoms with van der Waals surface area (Å²) >= 11 is 0. The molecule has 1 amide bonds. The Morgan fingerprint density at radius 2 is 1.74 bits per heavy atom. The van der Waals surface area contributed by atoms with E-state index in [-0.39, 0.29) is 12.4 Å². The number of hydrogen-bond donors (Lipinski definition) is 0. The zero-order valence-corrected chi connectivity index (χ0v) is 15.6. The molecule has 0 aromatic heterocycles. The lowest BCUT2D eigenvalue weighted by molar-refractivity contribution is 0.130. The number of rotatable bonds is 5. The molecule has 1 heterocycles. The smallest absolute Gasteiger partial charge is 0.429 e. The molecule has 0 unspecified atom stereocenters. The van der Waals surface area contributed by atoms with Gasteiger partial charge in [-0.05, 0) is 31.2 Å². The molecule has 3 rings (SSSR count). The van der Waals surface area contributed by atoms with Crippen LogP contribution < -0.4 is 14.6 Å². The highest BCUT2D eigenvalue weighted by molar-refractivity contribution is 5.88. The average molecular weight is 373 g/mol. The van der Waals surface area contributed by atoms with Crippen LogP contribution in [0.15, 0.2) is 48.5 Å². The number of carbonyl (C=O) groups excluding carboxylic acids is 1. The van der Waals surface area contributed by atoms with Crippen LogP contribution in [-0.4, -0.2) is 51.0 Å². The van der Waals surface area contributed by atoms with Gasteiger partial charge >= 0.3 is 6.09 Å². The van der Waals surface area contributed by atoms with Gasteiger partial charge in [0.25, 0.3) is 0 Å². The van der Waals surface area contributed by atoms with Gasteiger partial charge in [-0.2, -0.15) is 0 Å². The van der Waals surface area contributed by atoms with Crippen molar-refractivity contribution in [2.45, 2.75) is 6.92 Å². The topological polar surface area (TPSA) is 45.2 Å². The SMILES string of the molecule is CCOC(=O)N(c1ccccc1OC)N1CCN(c2ccccc2F)CC1. The van der Waals surface area contributed by atoms with E-state index in [9.17, 15) is 9.18 Å². The number of nitrogens with zero attached hydrogens (tertiary/aromatic N) is 3. The molecular weight excluding hydrogens is 349 g/mol. The van der Waals surface area contributed by atoms with Crippen LogP contribution in [-0.2, 0) is 4.74 Å². The molecule has 0 atom stereocenters. The Kier molecular flexibility index (Phi) is 6.13. The van der Waals surface area contributed by atoms with Crippen molar-refractivity contribution in [1.82, 2.24) is 5.01 Å². The third-order valence-electron chi connectivity index (χ3n) is 4.49. The van der Waals surface area contributed by atoms with Crippen LogP contribution in [0.4, 0.5) is 20.6 Å². The molecule has 2 aromatic rings. The minimum atomic E-state index is -0.457. The number of hydrazine groups is 1. The van der Waals surface area contributed by atoms with Crippen LogP contribution >= 0.6 is 0 Å². The fraction of sp³-hybridized carbons (Fsp3) is 0.350. The molecule has 0 spiro atoms. The van der Waals surface area contributed by atoms with E-state index in [1.165, 1.54) is 11.1 Å². The number of para-hydroxylation sites is 3. The largest absolute Gasteiger partial charge is 0.495 e. The summed E-state index contributed by atoms with van der Waals surface area (Å²) < 4.78 is 24.7. The van der Waals surface area contributed by atoms with Gasteiger partial charge in [-0.3, -0.25) is 0 Å². The van der Waals surface area contributed by atoms with Gasteiger partial charge in [-0.15, -0.1) is 0 Å². The van der Waals surface area contributed by atoms with Gasteiger partial charge in [0.05, 0.1) is 19.4 Å². The van der Waals surface area contributed by atoms with Crippen LogP contribution in [0.2, 0.25) is 0 Å². The number of hydrogen-bond acceptors (Lipinski definition) is 5. The van der Waals surface area contributed by atoms with E-state index in [4.69, 9.17) is 9.47 Å². The molecular formula is C20H24FN3O3. The molecule has 0 radical (unpaired) electrons. The molecule has 7 heteroatoms. The summed E-state index contributed by atoms with van der Waals surface area (Å²) in [5, 5.41) is 3.42. The fourth-order valence-electron chi connectivity index (χ4n) is 3.20. The van der Waals surface area contributed by atoms with Crippen molar-refractivity contribution in [1.29, 1.82) is 0 Å². The van der Waals surface area contributed by atoms with Crippen LogP contribution in [0.5, 0.6) is 5.75 Å². The maximum Gasteiger partial charge on any atom is 0.429 e. The highest BCUT2D eigenvalue weighted by Crippen LogP contribution is 2.30. The summed E-state index contributed by atoms with van der Waals surface area (Å²) in [6, 6.07) is 14.1. The van der Waals surface area contributed by atoms with Crippen molar-refractivity contribution in [2.75, 3.05) is 49.8 Å². The Bertz CT molecular complexity index is 779. The average Bonchev–Trinajstić information content (AvgIpc) is 2.70. The monoisotopic (exact) mass is 373 g/mol. The zero-order valence-electron chi connectivity index (χ0n) is 15.6. The molecule has 27 heavy (non-hydrogen) atoms. The predicted molar refractivity (Wildman–Crippen MR) is 103 cm³/mol. The van der Waals surface area contributed by atoms with Crippen molar-refractivity contribution in [3.05, 3.63) is 54.3 Å². The Hall–Kier alpha value is -2.80. The van der Waals surface area contributed by atoms with Crippen molar-refractivity contribution in [3.8, 4) is 5.75 Å². The fourth-order valence-corrected chi connectivity index (χ4v) is 3.20. The van der Waals surface area contributed by atoms with Gasteiger partial charge < -0.3 is 14.4 Å². The van der Waals surface area contributed by atoms with E-state index < -0.39 is 6.09 Å². The maximum absolute atomic E-state index is 14.1. The second-order valence-corrected chi connectivity index (χ2v) is 6.07. The van der Waals surface area contributed by atoms with E-state index in [1.54, 1.807) is 32.2 Å². The van der Waals surface area contributed by atoms with Gasteiger partial charge in [-0.1, -0.05) is 24.3 Å². The summed E-state index contributed by atoms with van der Waals surface area (Å²) in [6.45, 7) is 4.32.